The van der Waals surface area contributed by atoms with Crippen LogP contribution in [0.3, 0.4) is 0 Å². The van der Waals surface area contributed by atoms with Gasteiger partial charge in [-0.25, -0.2) is 0 Å². The van der Waals surface area contributed by atoms with Crippen LogP contribution in [0.2, 0.25) is 5.02 Å². The molecule has 148 valence electrons. The Balaban J connectivity index is 1.40. The molecule has 0 atom stereocenters. The fraction of sp³-hybridized carbons (Fsp3) is 0.368. The minimum atomic E-state index is -0.0565. The first-order chi connectivity index (χ1) is 13.5. The van der Waals surface area contributed by atoms with Gasteiger partial charge in [-0.2, -0.15) is 0 Å². The van der Waals surface area contributed by atoms with Gasteiger partial charge in [0.25, 0.3) is 5.91 Å². The number of nitrogens with zero attached hydrogens (tertiary/aromatic N) is 2. The summed E-state index contributed by atoms with van der Waals surface area (Å²) < 4.78 is 0.583. The number of thiocarbonyl (C=S) groups is 1. The number of carbonyl (C=O) groups is 2. The molecule has 0 unspecified atom stereocenters. The smallest absolute Gasteiger partial charge is 0.266 e. The quantitative estimate of drug-likeness (QED) is 0.378. The zero-order valence-electron chi connectivity index (χ0n) is 15.2. The number of thioether (sulfide) groups is 2. The minimum absolute atomic E-state index is 0.00431. The zero-order chi connectivity index (χ0) is 19.9. The molecule has 0 bridgehead atoms. The average Bonchev–Trinajstić information content (AvgIpc) is 3.26. The summed E-state index contributed by atoms with van der Waals surface area (Å²) in [6.45, 7) is 1.35. The number of amides is 2. The number of hydrogen-bond acceptors (Lipinski definition) is 6. The predicted molar refractivity (Wildman–Crippen MR) is 123 cm³/mol. The monoisotopic (exact) mass is 453 g/mol. The molecule has 1 aromatic rings. The van der Waals surface area contributed by atoms with Gasteiger partial charge < -0.3 is 5.32 Å². The van der Waals surface area contributed by atoms with Gasteiger partial charge in [0, 0.05) is 23.7 Å². The Morgan fingerprint density at radius 3 is 2.79 bits per heavy atom. The van der Waals surface area contributed by atoms with E-state index in [-0.39, 0.29) is 11.8 Å². The summed E-state index contributed by atoms with van der Waals surface area (Å²) >= 11 is 14.2. The van der Waals surface area contributed by atoms with Gasteiger partial charge in [0.05, 0.1) is 11.4 Å². The molecule has 1 aromatic carbocycles. The maximum absolute atomic E-state index is 12.6. The zero-order valence-corrected chi connectivity index (χ0v) is 18.4. The van der Waals surface area contributed by atoms with Crippen molar-refractivity contribution in [3.05, 3.63) is 39.8 Å². The van der Waals surface area contributed by atoms with E-state index in [0.29, 0.717) is 27.2 Å². The van der Waals surface area contributed by atoms with Gasteiger partial charge in [-0.05, 0) is 36.6 Å². The lowest BCUT2D eigenvalue weighted by atomic mass is 10.2. The van der Waals surface area contributed by atoms with E-state index in [1.165, 1.54) is 11.8 Å². The molecule has 2 heterocycles. The van der Waals surface area contributed by atoms with E-state index in [2.05, 4.69) is 10.3 Å². The third kappa shape index (κ3) is 6.07. The van der Waals surface area contributed by atoms with E-state index >= 15 is 0 Å². The van der Waals surface area contributed by atoms with E-state index in [9.17, 15) is 9.59 Å². The van der Waals surface area contributed by atoms with Crippen LogP contribution in [0.1, 0.15) is 31.2 Å². The van der Waals surface area contributed by atoms with Crippen LogP contribution in [-0.2, 0) is 9.59 Å². The Hall–Kier alpha value is -1.35. The number of carbonyl (C=O) groups excluding carboxylic acids is 2. The van der Waals surface area contributed by atoms with Crippen molar-refractivity contribution >= 4 is 74.7 Å². The number of aliphatic imine (C=N–C) groups is 1. The van der Waals surface area contributed by atoms with Gasteiger partial charge >= 0.3 is 0 Å². The summed E-state index contributed by atoms with van der Waals surface area (Å²) in [5.74, 6) is 0.884. The maximum atomic E-state index is 12.6. The molecule has 1 N–H and O–H groups in total. The Morgan fingerprint density at radius 1 is 1.29 bits per heavy atom. The van der Waals surface area contributed by atoms with Crippen molar-refractivity contribution in [2.75, 3.05) is 18.8 Å². The molecule has 2 amide bonds. The molecule has 2 aliphatic rings. The van der Waals surface area contributed by atoms with E-state index in [0.717, 1.165) is 42.3 Å². The highest BCUT2D eigenvalue weighted by Gasteiger charge is 2.31. The van der Waals surface area contributed by atoms with Crippen molar-refractivity contribution < 1.29 is 9.59 Å². The van der Waals surface area contributed by atoms with Crippen molar-refractivity contribution in [3.63, 3.8) is 0 Å². The Bertz CT molecular complexity index is 824. The second-order valence-electron chi connectivity index (χ2n) is 6.28. The number of nitrogens with one attached hydrogen (secondary N) is 1. The molecule has 9 heteroatoms. The highest BCUT2D eigenvalue weighted by atomic mass is 35.5. The van der Waals surface area contributed by atoms with Crippen molar-refractivity contribution in [1.29, 1.82) is 0 Å². The van der Waals surface area contributed by atoms with Gasteiger partial charge in [0.1, 0.15) is 4.32 Å². The second kappa shape index (κ2) is 10.4. The lowest BCUT2D eigenvalue weighted by molar-refractivity contribution is -0.122. The predicted octanol–water partition coefficient (Wildman–Crippen LogP) is 4.32. The average molecular weight is 454 g/mol. The summed E-state index contributed by atoms with van der Waals surface area (Å²) in [6, 6.07) is 7.33. The topological polar surface area (TPSA) is 61.8 Å². The molecule has 5 nitrogen and oxygen atoms in total. The van der Waals surface area contributed by atoms with Crippen LogP contribution in [0, 0.1) is 0 Å². The van der Waals surface area contributed by atoms with Gasteiger partial charge in [-0.1, -0.05) is 65.9 Å². The first-order valence-corrected chi connectivity index (χ1v) is 11.6. The van der Waals surface area contributed by atoms with Crippen molar-refractivity contribution in [3.8, 4) is 0 Å². The van der Waals surface area contributed by atoms with E-state index < -0.39 is 0 Å². The number of unbranched alkanes of at least 4 members (excludes halogenated alkanes) is 2. The summed E-state index contributed by atoms with van der Waals surface area (Å²) in [4.78, 5) is 30.9. The largest absolute Gasteiger partial charge is 0.305 e. The standard InChI is InChI=1S/C19H20ClN3O2S3/c20-14-7-5-13(6-8-14)12-15-17(25)23(19(26)28-15)10-3-1-2-4-16(24)22-18-21-9-11-27-18/h5-8,12H,1-4,9-11H2,(H,21,22,24)/b15-12-. The van der Waals surface area contributed by atoms with Crippen LogP contribution < -0.4 is 5.32 Å². The van der Waals surface area contributed by atoms with Gasteiger partial charge in [-0.3, -0.25) is 19.5 Å². The Morgan fingerprint density at radius 2 is 2.07 bits per heavy atom. The van der Waals surface area contributed by atoms with Gasteiger partial charge in [0.2, 0.25) is 5.91 Å². The molecule has 28 heavy (non-hydrogen) atoms. The normalized spacial score (nSPS) is 18.1. The SMILES string of the molecule is O=C(CCCCCN1C(=O)/C(=C/c2ccc(Cl)cc2)SC1=S)NC1=NCCS1. The molecule has 1 fully saturated rings. The second-order valence-corrected chi connectivity index (χ2v) is 9.47. The van der Waals surface area contributed by atoms with Crippen molar-refractivity contribution in [2.24, 2.45) is 4.99 Å². The van der Waals surface area contributed by atoms with Crippen LogP contribution in [0.25, 0.3) is 6.08 Å². The van der Waals surface area contributed by atoms with Crippen LogP contribution >= 0.6 is 47.3 Å². The van der Waals surface area contributed by atoms with Crippen molar-refractivity contribution in [2.45, 2.75) is 25.7 Å². The minimum Gasteiger partial charge on any atom is -0.305 e. The summed E-state index contributed by atoms with van der Waals surface area (Å²) in [6.07, 6.45) is 4.75. The summed E-state index contributed by atoms with van der Waals surface area (Å²) in [7, 11) is 0. The lowest BCUT2D eigenvalue weighted by Gasteiger charge is -2.14. The van der Waals surface area contributed by atoms with Gasteiger partial charge in [-0.15, -0.1) is 0 Å². The number of hydrogen-bond donors (Lipinski definition) is 1. The van der Waals surface area contributed by atoms with Crippen LogP contribution in [0.5, 0.6) is 0 Å². The number of benzene rings is 1. The Kier molecular flexibility index (Phi) is 7.96. The molecule has 3 rings (SSSR count). The molecular formula is C19H20ClN3O2S3. The number of halogens is 1. The Labute approximate surface area is 183 Å². The molecule has 0 radical (unpaired) electrons. The first kappa shape index (κ1) is 21.4. The molecule has 2 aliphatic heterocycles. The lowest BCUT2D eigenvalue weighted by Crippen LogP contribution is -2.29. The van der Waals surface area contributed by atoms with E-state index in [4.69, 9.17) is 23.8 Å². The summed E-state index contributed by atoms with van der Waals surface area (Å²) in [5.41, 5.74) is 0.918. The van der Waals surface area contributed by atoms with E-state index in [1.807, 2.05) is 18.2 Å². The van der Waals surface area contributed by atoms with Crippen LogP contribution in [0.4, 0.5) is 0 Å². The maximum Gasteiger partial charge on any atom is 0.266 e. The molecular weight excluding hydrogens is 434 g/mol. The van der Waals surface area contributed by atoms with Crippen LogP contribution in [0.15, 0.2) is 34.2 Å². The molecule has 0 aliphatic carbocycles. The molecule has 0 spiro atoms. The first-order valence-electron chi connectivity index (χ1n) is 9.01. The fourth-order valence-electron chi connectivity index (χ4n) is 2.73. The highest BCUT2D eigenvalue weighted by Crippen LogP contribution is 2.32. The molecule has 0 aromatic heterocycles. The van der Waals surface area contributed by atoms with Gasteiger partial charge in [0.15, 0.2) is 5.17 Å². The highest BCUT2D eigenvalue weighted by molar-refractivity contribution is 8.26. The third-order valence-corrected chi connectivity index (χ3v) is 6.68. The number of rotatable bonds is 7. The number of amidine groups is 1. The van der Waals surface area contributed by atoms with E-state index in [1.54, 1.807) is 28.8 Å². The third-order valence-electron chi connectivity index (χ3n) is 4.16. The summed E-state index contributed by atoms with van der Waals surface area (Å²) in [5, 5.41) is 4.22. The molecule has 0 saturated carbocycles. The molecule has 1 saturated heterocycles. The fourth-order valence-corrected chi connectivity index (χ4v) is 4.91. The van der Waals surface area contributed by atoms with Crippen LogP contribution in [-0.4, -0.2) is 45.0 Å². The van der Waals surface area contributed by atoms with Crippen molar-refractivity contribution in [1.82, 2.24) is 10.2 Å².